The van der Waals surface area contributed by atoms with Gasteiger partial charge in [-0.3, -0.25) is 4.79 Å². The fourth-order valence-electron chi connectivity index (χ4n) is 4.67. The summed E-state index contributed by atoms with van der Waals surface area (Å²) in [6, 6.07) is 31.0. The van der Waals surface area contributed by atoms with Gasteiger partial charge in [0.2, 0.25) is 10.0 Å². The van der Waals surface area contributed by atoms with Crippen molar-refractivity contribution in [2.75, 3.05) is 32.7 Å². The van der Waals surface area contributed by atoms with Gasteiger partial charge in [-0.15, -0.1) is 12.4 Å². The minimum atomic E-state index is -3.61. The molecule has 38 heavy (non-hydrogen) atoms. The van der Waals surface area contributed by atoms with Gasteiger partial charge >= 0.3 is 0 Å². The lowest BCUT2D eigenvalue weighted by molar-refractivity contribution is 0.0698. The number of nitrogens with one attached hydrogen (secondary N) is 1. The topological polar surface area (TPSA) is 69.7 Å². The summed E-state index contributed by atoms with van der Waals surface area (Å²) in [7, 11) is -3.61. The Kier molecular flexibility index (Phi) is 9.17. The molecule has 1 aliphatic rings. The Morgan fingerprint density at radius 1 is 0.737 bits per heavy atom. The van der Waals surface area contributed by atoms with Gasteiger partial charge in [-0.25, -0.2) is 8.42 Å². The second-order valence-electron chi connectivity index (χ2n) is 9.31. The van der Waals surface area contributed by atoms with Crippen LogP contribution in [0.4, 0.5) is 0 Å². The predicted octanol–water partition coefficient (Wildman–Crippen LogP) is 4.74. The Labute approximate surface area is 230 Å². The van der Waals surface area contributed by atoms with Crippen molar-refractivity contribution in [2.45, 2.75) is 17.9 Å². The molecule has 0 saturated carbocycles. The zero-order valence-corrected chi connectivity index (χ0v) is 22.8. The highest BCUT2D eigenvalue weighted by atomic mass is 35.5. The Morgan fingerprint density at radius 2 is 1.39 bits per heavy atom. The first-order chi connectivity index (χ1) is 18.0. The molecule has 1 fully saturated rings. The molecule has 0 bridgehead atoms. The van der Waals surface area contributed by atoms with Crippen molar-refractivity contribution in [1.29, 1.82) is 0 Å². The lowest BCUT2D eigenvalue weighted by atomic mass is 10.1. The van der Waals surface area contributed by atoms with Crippen LogP contribution in [0.2, 0.25) is 0 Å². The Morgan fingerprint density at radius 3 is 2.11 bits per heavy atom. The van der Waals surface area contributed by atoms with Gasteiger partial charge in [0.25, 0.3) is 5.91 Å². The third-order valence-electron chi connectivity index (χ3n) is 6.85. The quantitative estimate of drug-likeness (QED) is 0.322. The average Bonchev–Trinajstić information content (AvgIpc) is 2.95. The molecule has 1 heterocycles. The molecule has 0 atom stereocenters. The molecule has 0 aliphatic carbocycles. The number of amides is 1. The summed E-state index contributed by atoms with van der Waals surface area (Å²) in [5.74, 6) is -0.0636. The first-order valence-electron chi connectivity index (χ1n) is 12.6. The summed E-state index contributed by atoms with van der Waals surface area (Å²) in [6.07, 6.45) is 0.972. The van der Waals surface area contributed by atoms with Gasteiger partial charge in [-0.2, -0.15) is 4.31 Å². The van der Waals surface area contributed by atoms with Crippen molar-refractivity contribution in [3.05, 3.63) is 114 Å². The first kappa shape index (κ1) is 27.8. The summed E-state index contributed by atoms with van der Waals surface area (Å²) >= 11 is 0. The maximum atomic E-state index is 13.2. The number of hydrogen-bond acceptors (Lipinski definition) is 4. The zero-order chi connectivity index (χ0) is 25.7. The highest BCUT2D eigenvalue weighted by Gasteiger charge is 2.30. The van der Waals surface area contributed by atoms with Gasteiger partial charge in [0.1, 0.15) is 0 Å². The number of fused-ring (bicyclic) bond motifs is 1. The SMILES string of the molecule is Cl.O=C(c1ccc(CNCCc2ccccc2)cc1)N1CCN(S(=O)(=O)c2ccc3ccccc3c2)CC1. The van der Waals surface area contributed by atoms with Crippen LogP contribution < -0.4 is 5.32 Å². The van der Waals surface area contributed by atoms with Gasteiger partial charge in [0.15, 0.2) is 0 Å². The van der Waals surface area contributed by atoms with E-state index < -0.39 is 10.0 Å². The molecule has 1 amide bonds. The molecule has 0 radical (unpaired) electrons. The minimum absolute atomic E-state index is 0. The zero-order valence-electron chi connectivity index (χ0n) is 21.1. The van der Waals surface area contributed by atoms with Crippen molar-refractivity contribution in [1.82, 2.24) is 14.5 Å². The monoisotopic (exact) mass is 549 g/mol. The van der Waals surface area contributed by atoms with E-state index in [1.165, 1.54) is 9.87 Å². The van der Waals surface area contributed by atoms with E-state index in [2.05, 4.69) is 29.6 Å². The number of halogens is 1. The van der Waals surface area contributed by atoms with E-state index in [0.717, 1.165) is 35.8 Å². The van der Waals surface area contributed by atoms with Gasteiger partial charge < -0.3 is 10.2 Å². The predicted molar refractivity (Wildman–Crippen MR) is 154 cm³/mol. The number of carbonyl (C=O) groups is 1. The maximum Gasteiger partial charge on any atom is 0.253 e. The van der Waals surface area contributed by atoms with Crippen LogP contribution in [0.3, 0.4) is 0 Å². The number of sulfonamides is 1. The van der Waals surface area contributed by atoms with Crippen LogP contribution in [0.5, 0.6) is 0 Å². The Hall–Kier alpha value is -3.23. The van der Waals surface area contributed by atoms with E-state index in [1.807, 2.05) is 60.7 Å². The van der Waals surface area contributed by atoms with Crippen molar-refractivity contribution in [3.8, 4) is 0 Å². The molecule has 198 valence electrons. The number of nitrogens with zero attached hydrogens (tertiary/aromatic N) is 2. The van der Waals surface area contributed by atoms with Crippen molar-refractivity contribution in [2.24, 2.45) is 0 Å². The molecule has 0 aromatic heterocycles. The number of carbonyl (C=O) groups excluding carboxylic acids is 1. The summed E-state index contributed by atoms with van der Waals surface area (Å²) in [6.45, 7) is 2.93. The second-order valence-corrected chi connectivity index (χ2v) is 11.3. The van der Waals surface area contributed by atoms with Gasteiger partial charge in [0.05, 0.1) is 4.90 Å². The lowest BCUT2D eigenvalue weighted by Crippen LogP contribution is -2.50. The van der Waals surface area contributed by atoms with Crippen LogP contribution in [-0.2, 0) is 23.0 Å². The van der Waals surface area contributed by atoms with Crippen LogP contribution in [-0.4, -0.2) is 56.3 Å². The van der Waals surface area contributed by atoms with Crippen LogP contribution in [0, 0.1) is 0 Å². The smallest absolute Gasteiger partial charge is 0.253 e. The molecule has 8 heteroatoms. The van der Waals surface area contributed by atoms with E-state index in [9.17, 15) is 13.2 Å². The number of hydrogen-bond donors (Lipinski definition) is 1. The third kappa shape index (κ3) is 6.42. The van der Waals surface area contributed by atoms with E-state index in [-0.39, 0.29) is 31.4 Å². The van der Waals surface area contributed by atoms with Crippen LogP contribution in [0.15, 0.2) is 102 Å². The van der Waals surface area contributed by atoms with Crippen LogP contribution in [0.25, 0.3) is 10.8 Å². The molecule has 0 spiro atoms. The van der Waals surface area contributed by atoms with Crippen molar-refractivity contribution in [3.63, 3.8) is 0 Å². The lowest BCUT2D eigenvalue weighted by Gasteiger charge is -2.34. The molecule has 1 N–H and O–H groups in total. The largest absolute Gasteiger partial charge is 0.336 e. The summed E-state index contributed by atoms with van der Waals surface area (Å²) in [5, 5.41) is 5.35. The third-order valence-corrected chi connectivity index (χ3v) is 8.74. The molecule has 4 aromatic carbocycles. The maximum absolute atomic E-state index is 13.2. The molecule has 0 unspecified atom stereocenters. The molecule has 5 rings (SSSR count). The molecule has 6 nitrogen and oxygen atoms in total. The van der Waals surface area contributed by atoms with E-state index in [1.54, 1.807) is 17.0 Å². The minimum Gasteiger partial charge on any atom is -0.336 e. The standard InChI is InChI=1S/C30H31N3O3S.ClH/c34-30(27-12-10-25(11-13-27)23-31-17-16-24-6-2-1-3-7-24)32-18-20-33(21-19-32)37(35,36)29-15-14-26-8-4-5-9-28(26)22-29;/h1-15,22,31H,16-21,23H2;1H. The molecule has 4 aromatic rings. The van der Waals surface area contributed by atoms with E-state index in [4.69, 9.17) is 0 Å². The van der Waals surface area contributed by atoms with Crippen LogP contribution in [0.1, 0.15) is 21.5 Å². The highest BCUT2D eigenvalue weighted by molar-refractivity contribution is 7.89. The van der Waals surface area contributed by atoms with E-state index in [0.29, 0.717) is 23.5 Å². The summed E-state index contributed by atoms with van der Waals surface area (Å²) in [5.41, 5.74) is 3.05. The summed E-state index contributed by atoms with van der Waals surface area (Å²) < 4.78 is 27.9. The van der Waals surface area contributed by atoms with Crippen molar-refractivity contribution >= 4 is 39.1 Å². The Balaban J connectivity index is 0.00000336. The molecular weight excluding hydrogens is 518 g/mol. The Bertz CT molecular complexity index is 1470. The van der Waals surface area contributed by atoms with Gasteiger partial charge in [0, 0.05) is 38.3 Å². The fourth-order valence-corrected chi connectivity index (χ4v) is 6.12. The molecule has 1 saturated heterocycles. The molecule has 1 aliphatic heterocycles. The highest BCUT2D eigenvalue weighted by Crippen LogP contribution is 2.23. The van der Waals surface area contributed by atoms with Crippen molar-refractivity contribution < 1.29 is 13.2 Å². The van der Waals surface area contributed by atoms with Gasteiger partial charge in [-0.05, 0) is 59.1 Å². The molecular formula is C30H32ClN3O3S. The fraction of sp³-hybridized carbons (Fsp3) is 0.233. The van der Waals surface area contributed by atoms with Crippen LogP contribution >= 0.6 is 12.4 Å². The second kappa shape index (κ2) is 12.5. The normalized spacial score (nSPS) is 14.3. The number of piperazine rings is 1. The average molecular weight is 550 g/mol. The number of rotatable bonds is 8. The number of benzene rings is 4. The summed E-state index contributed by atoms with van der Waals surface area (Å²) in [4.78, 5) is 15.1. The van der Waals surface area contributed by atoms with Gasteiger partial charge in [-0.1, -0.05) is 72.8 Å². The first-order valence-corrected chi connectivity index (χ1v) is 14.1. The van der Waals surface area contributed by atoms with E-state index >= 15 is 0 Å².